The fourth-order valence-electron chi connectivity index (χ4n) is 4.74. The summed E-state index contributed by atoms with van der Waals surface area (Å²) in [6.07, 6.45) is -7.07. The van der Waals surface area contributed by atoms with Gasteiger partial charge in [0.15, 0.2) is 0 Å². The average molecular weight is 712 g/mol. The van der Waals surface area contributed by atoms with Crippen molar-refractivity contribution in [2.24, 2.45) is 10.1 Å². The number of hydrazone groups is 1. The lowest BCUT2D eigenvalue weighted by Crippen LogP contribution is -2.64. The average Bonchev–Trinajstić information content (AvgIpc) is 3.50. The summed E-state index contributed by atoms with van der Waals surface area (Å²) >= 11 is 0.369. The molecule has 2 aliphatic rings. The van der Waals surface area contributed by atoms with Crippen LogP contribution in [-0.2, 0) is 23.7 Å². The second-order valence-corrected chi connectivity index (χ2v) is 13.1. The summed E-state index contributed by atoms with van der Waals surface area (Å²) in [6.45, 7) is 14.5. The smallest absolute Gasteiger partial charge is 0.440 e. The molecule has 4 rings (SSSR count). The normalized spacial score (nSPS) is 17.1. The number of hydrogen-bond donors (Lipinski definition) is 1. The number of aryl methyl sites for hydroxylation is 1. The molecule has 0 bridgehead atoms. The number of benzene rings is 2. The Hall–Kier alpha value is -5.32. The van der Waals surface area contributed by atoms with E-state index in [2.05, 4.69) is 5.43 Å². The van der Waals surface area contributed by atoms with Crippen LogP contribution in [0.3, 0.4) is 0 Å². The van der Waals surface area contributed by atoms with Crippen molar-refractivity contribution in [3.63, 3.8) is 0 Å². The minimum absolute atomic E-state index is 0.0356. The van der Waals surface area contributed by atoms with Gasteiger partial charge in [0.1, 0.15) is 5.71 Å². The number of hydrogen-bond acceptors (Lipinski definition) is 12. The van der Waals surface area contributed by atoms with Crippen LogP contribution in [-0.4, -0.2) is 85.7 Å². The number of aliphatic imine (C=N–C) groups is 1. The maximum Gasteiger partial charge on any atom is 0.440 e. The van der Waals surface area contributed by atoms with Crippen molar-refractivity contribution in [3.05, 3.63) is 65.7 Å². The molecule has 1 N–H and O–H groups in total. The molecule has 16 nitrogen and oxygen atoms in total. The number of para-hydroxylation sites is 1. The van der Waals surface area contributed by atoms with Crippen LogP contribution < -0.4 is 10.4 Å². The molecule has 1 atom stereocenters. The maximum absolute atomic E-state index is 14.9. The third-order valence-corrected chi connectivity index (χ3v) is 7.45. The molecule has 0 radical (unpaired) electrons. The van der Waals surface area contributed by atoms with Gasteiger partial charge in [-0.1, -0.05) is 42.5 Å². The summed E-state index contributed by atoms with van der Waals surface area (Å²) in [6, 6.07) is 15.4. The maximum atomic E-state index is 14.9. The van der Waals surface area contributed by atoms with E-state index in [9.17, 15) is 24.0 Å². The lowest BCUT2D eigenvalue weighted by molar-refractivity contribution is -0.128. The lowest BCUT2D eigenvalue weighted by Gasteiger charge is -2.36. The quantitative estimate of drug-likeness (QED) is 0.214. The van der Waals surface area contributed by atoms with E-state index < -0.39 is 65.5 Å². The van der Waals surface area contributed by atoms with Crippen LogP contribution >= 0.6 is 11.9 Å². The van der Waals surface area contributed by atoms with E-state index in [0.29, 0.717) is 38.2 Å². The monoisotopic (exact) mass is 711 g/mol. The molecule has 2 heterocycles. The molecule has 2 aromatic carbocycles. The predicted octanol–water partition coefficient (Wildman–Crippen LogP) is 5.97. The number of ether oxygens (including phenoxy) is 4. The topological polar surface area (TPSA) is 172 Å². The SMILES string of the molecule is Cc1ccccc1C1=NN(c2ccccc2)C(=O)C12N=C(SN(NC(=O)OC(C)C)C(=O)OC(C)C)N(C(=O)OC(C)C)N2C(=O)OC(C)C. The minimum atomic E-state index is -2.42. The molecule has 0 fully saturated rings. The highest BCUT2D eigenvalue weighted by molar-refractivity contribution is 8.12. The van der Waals surface area contributed by atoms with Crippen molar-refractivity contribution in [1.82, 2.24) is 19.9 Å². The summed E-state index contributed by atoms with van der Waals surface area (Å²) < 4.78 is 22.3. The fourth-order valence-corrected chi connectivity index (χ4v) is 5.55. The molecular formula is C33H41N7O9S. The van der Waals surface area contributed by atoms with Crippen molar-refractivity contribution < 1.29 is 42.9 Å². The van der Waals surface area contributed by atoms with Gasteiger partial charge in [-0.25, -0.2) is 29.6 Å². The van der Waals surface area contributed by atoms with E-state index >= 15 is 0 Å². The number of nitrogens with zero attached hydrogens (tertiary/aromatic N) is 6. The van der Waals surface area contributed by atoms with E-state index in [4.69, 9.17) is 29.0 Å². The summed E-state index contributed by atoms with van der Waals surface area (Å²) in [7, 11) is 0. The molecule has 2 aromatic rings. The number of carbonyl (C=O) groups excluding carboxylic acids is 5. The number of nitrogens with one attached hydrogen (secondary N) is 1. The van der Waals surface area contributed by atoms with Crippen LogP contribution in [0.1, 0.15) is 66.5 Å². The molecule has 17 heteroatoms. The number of amides is 5. The zero-order valence-electron chi connectivity index (χ0n) is 29.3. The standard InChI is InChI=1S/C33H41N7O9S/c1-19(2)46-29(42)36-40(32(45)49-22(7)8)50-28-34-33(39(31(44)48-21(5)6)38(28)30(43)47-20(3)4)26(25-18-14-13-15-23(25)9)35-37(27(33)41)24-16-11-10-12-17-24/h10-22H,1-9H3,(H,36,42). The second-order valence-electron chi connectivity index (χ2n) is 12.2. The van der Waals surface area contributed by atoms with Crippen molar-refractivity contribution in [3.8, 4) is 0 Å². The number of rotatable bonds is 6. The highest BCUT2D eigenvalue weighted by atomic mass is 32.2. The van der Waals surface area contributed by atoms with Gasteiger partial charge < -0.3 is 18.9 Å². The van der Waals surface area contributed by atoms with E-state index in [0.717, 1.165) is 10.0 Å². The first kappa shape index (κ1) is 37.5. The minimum Gasteiger partial charge on any atom is -0.446 e. The largest absolute Gasteiger partial charge is 0.446 e. The Morgan fingerprint density at radius 2 is 1.34 bits per heavy atom. The molecule has 0 aliphatic carbocycles. The molecule has 50 heavy (non-hydrogen) atoms. The Bertz CT molecular complexity index is 1680. The number of amidine groups is 1. The number of anilines is 1. The lowest BCUT2D eigenvalue weighted by atomic mass is 9.93. The Morgan fingerprint density at radius 1 is 0.780 bits per heavy atom. The van der Waals surface area contributed by atoms with Crippen molar-refractivity contribution in [2.45, 2.75) is 92.4 Å². The third-order valence-electron chi connectivity index (χ3n) is 6.60. The fraction of sp³-hybridized carbons (Fsp3) is 0.424. The first-order valence-electron chi connectivity index (χ1n) is 15.9. The molecule has 268 valence electrons. The van der Waals surface area contributed by atoms with Crippen LogP contribution in [0.4, 0.5) is 24.9 Å². The Kier molecular flexibility index (Phi) is 11.6. The first-order chi connectivity index (χ1) is 23.6. The van der Waals surface area contributed by atoms with Gasteiger partial charge in [-0.2, -0.15) is 20.1 Å². The summed E-state index contributed by atoms with van der Waals surface area (Å²) in [5.41, 5.74) is 1.24. The van der Waals surface area contributed by atoms with Crippen LogP contribution in [0.25, 0.3) is 0 Å². The molecule has 2 aliphatic heterocycles. The summed E-state index contributed by atoms with van der Waals surface area (Å²) in [5, 5.41) is 6.72. The molecule has 0 saturated carbocycles. The molecular weight excluding hydrogens is 670 g/mol. The van der Waals surface area contributed by atoms with Gasteiger partial charge in [0.25, 0.3) is 5.66 Å². The highest BCUT2D eigenvalue weighted by Gasteiger charge is 2.67. The Morgan fingerprint density at radius 3 is 1.92 bits per heavy atom. The van der Waals surface area contributed by atoms with Crippen molar-refractivity contribution in [2.75, 3.05) is 5.01 Å². The van der Waals surface area contributed by atoms with Crippen molar-refractivity contribution >= 4 is 58.8 Å². The Labute approximate surface area is 294 Å². The van der Waals surface area contributed by atoms with E-state index in [-0.39, 0.29) is 5.71 Å². The van der Waals surface area contributed by atoms with Gasteiger partial charge in [-0.3, -0.25) is 4.79 Å². The van der Waals surface area contributed by atoms with Gasteiger partial charge in [0.05, 0.1) is 42.1 Å². The summed E-state index contributed by atoms with van der Waals surface area (Å²) in [5.74, 6) is -0.857. The van der Waals surface area contributed by atoms with Gasteiger partial charge >= 0.3 is 30.3 Å². The predicted molar refractivity (Wildman–Crippen MR) is 185 cm³/mol. The van der Waals surface area contributed by atoms with Crippen LogP contribution in [0.15, 0.2) is 64.7 Å². The molecule has 5 amide bonds. The van der Waals surface area contributed by atoms with E-state index in [1.165, 1.54) is 0 Å². The number of carbonyl (C=O) groups is 5. The number of hydrazine groups is 2. The van der Waals surface area contributed by atoms with E-state index in [1.807, 2.05) is 0 Å². The van der Waals surface area contributed by atoms with Crippen LogP contribution in [0, 0.1) is 6.92 Å². The molecule has 1 spiro atoms. The van der Waals surface area contributed by atoms with Crippen LogP contribution in [0.5, 0.6) is 0 Å². The van der Waals surface area contributed by atoms with Gasteiger partial charge in [-0.15, -0.1) is 4.41 Å². The zero-order chi connectivity index (χ0) is 36.9. The van der Waals surface area contributed by atoms with Gasteiger partial charge in [0, 0.05) is 5.56 Å². The Balaban J connectivity index is 2.02. The molecule has 1 unspecified atom stereocenters. The zero-order valence-corrected chi connectivity index (χ0v) is 30.1. The van der Waals surface area contributed by atoms with Crippen LogP contribution in [0.2, 0.25) is 0 Å². The van der Waals surface area contributed by atoms with Gasteiger partial charge in [0.2, 0.25) is 5.17 Å². The van der Waals surface area contributed by atoms with Gasteiger partial charge in [-0.05, 0) is 80.0 Å². The third kappa shape index (κ3) is 7.93. The van der Waals surface area contributed by atoms with E-state index in [1.54, 1.807) is 117 Å². The first-order valence-corrected chi connectivity index (χ1v) is 16.7. The second kappa shape index (κ2) is 15.5. The highest BCUT2D eigenvalue weighted by Crippen LogP contribution is 2.43. The van der Waals surface area contributed by atoms with Crippen molar-refractivity contribution in [1.29, 1.82) is 0 Å². The molecule has 0 saturated heterocycles. The summed E-state index contributed by atoms with van der Waals surface area (Å²) in [4.78, 5) is 74.0. The molecule has 0 aromatic heterocycles.